The highest BCUT2D eigenvalue weighted by Crippen LogP contribution is 2.36. The Balaban J connectivity index is 1.86. The summed E-state index contributed by atoms with van der Waals surface area (Å²) in [5, 5.41) is 0. The number of carbonyl (C=O) groups is 2. The quantitative estimate of drug-likeness (QED) is 0.841. The third-order valence-corrected chi connectivity index (χ3v) is 4.35. The molecule has 1 aromatic heterocycles. The minimum absolute atomic E-state index is 0.0575. The number of cyclic esters (lactones) is 1. The van der Waals surface area contributed by atoms with Crippen molar-refractivity contribution in [2.24, 2.45) is 5.41 Å². The van der Waals surface area contributed by atoms with Crippen LogP contribution in [0.15, 0.2) is 18.3 Å². The van der Waals surface area contributed by atoms with Crippen molar-refractivity contribution in [3.63, 3.8) is 0 Å². The van der Waals surface area contributed by atoms with Gasteiger partial charge in [0.25, 0.3) is 0 Å². The molecule has 2 aliphatic heterocycles. The summed E-state index contributed by atoms with van der Waals surface area (Å²) in [6, 6.07) is 3.90. The number of nitrogens with zero attached hydrogens (tertiary/aromatic N) is 3. The maximum absolute atomic E-state index is 12.7. The third-order valence-electron chi connectivity index (χ3n) is 4.35. The smallest absolute Gasteiger partial charge is 0.415 e. The topological polar surface area (TPSA) is 62.7 Å². The second kappa shape index (κ2) is 5.83. The predicted molar refractivity (Wildman–Crippen MR) is 86.1 cm³/mol. The molecule has 6 nitrogen and oxygen atoms in total. The molecular formula is C17H23N3O3. The van der Waals surface area contributed by atoms with Crippen LogP contribution in [-0.2, 0) is 9.53 Å². The average molecular weight is 317 g/mol. The van der Waals surface area contributed by atoms with Gasteiger partial charge in [-0.05, 0) is 30.5 Å². The van der Waals surface area contributed by atoms with E-state index in [4.69, 9.17) is 4.74 Å². The molecule has 124 valence electrons. The van der Waals surface area contributed by atoms with E-state index in [0.29, 0.717) is 19.0 Å². The van der Waals surface area contributed by atoms with E-state index in [1.807, 2.05) is 37.8 Å². The lowest BCUT2D eigenvalue weighted by atomic mass is 9.93. The Morgan fingerprint density at radius 2 is 2.13 bits per heavy atom. The van der Waals surface area contributed by atoms with Crippen molar-refractivity contribution in [3.05, 3.63) is 23.9 Å². The molecule has 0 saturated carbocycles. The molecule has 1 unspecified atom stereocenters. The second-order valence-corrected chi connectivity index (χ2v) is 7.12. The van der Waals surface area contributed by atoms with Crippen LogP contribution >= 0.6 is 0 Å². The Morgan fingerprint density at radius 1 is 1.35 bits per heavy atom. The van der Waals surface area contributed by atoms with Crippen molar-refractivity contribution in [2.75, 3.05) is 24.6 Å². The van der Waals surface area contributed by atoms with E-state index in [1.165, 1.54) is 4.90 Å². The lowest BCUT2D eigenvalue weighted by Crippen LogP contribution is -2.39. The van der Waals surface area contributed by atoms with Gasteiger partial charge in [-0.2, -0.15) is 0 Å². The molecular weight excluding hydrogens is 294 g/mol. The Labute approximate surface area is 136 Å². The fourth-order valence-corrected chi connectivity index (χ4v) is 3.18. The molecule has 0 radical (unpaired) electrons. The van der Waals surface area contributed by atoms with Gasteiger partial charge in [0, 0.05) is 18.2 Å². The van der Waals surface area contributed by atoms with Gasteiger partial charge in [0.05, 0.1) is 12.6 Å². The van der Waals surface area contributed by atoms with Gasteiger partial charge in [-0.3, -0.25) is 9.69 Å². The number of anilines is 1. The molecule has 0 N–H and O–H groups in total. The summed E-state index contributed by atoms with van der Waals surface area (Å²) in [4.78, 5) is 32.2. The Morgan fingerprint density at radius 3 is 2.78 bits per heavy atom. The van der Waals surface area contributed by atoms with Crippen molar-refractivity contribution < 1.29 is 14.3 Å². The van der Waals surface area contributed by atoms with Gasteiger partial charge in [0.2, 0.25) is 5.91 Å². The summed E-state index contributed by atoms with van der Waals surface area (Å²) in [7, 11) is 0. The summed E-state index contributed by atoms with van der Waals surface area (Å²) >= 11 is 0. The number of likely N-dealkylation sites (tertiary alicyclic amines) is 1. The molecule has 0 bridgehead atoms. The van der Waals surface area contributed by atoms with Gasteiger partial charge in [0.15, 0.2) is 0 Å². The van der Waals surface area contributed by atoms with E-state index < -0.39 is 5.41 Å². The van der Waals surface area contributed by atoms with Crippen molar-refractivity contribution in [3.8, 4) is 0 Å². The molecule has 2 saturated heterocycles. The van der Waals surface area contributed by atoms with Crippen LogP contribution in [0.25, 0.3) is 0 Å². The molecule has 0 spiro atoms. The van der Waals surface area contributed by atoms with E-state index in [-0.39, 0.29) is 18.0 Å². The Bertz CT molecular complexity index is 624. The van der Waals surface area contributed by atoms with E-state index in [1.54, 1.807) is 6.20 Å². The summed E-state index contributed by atoms with van der Waals surface area (Å²) in [5.74, 6) is 0.763. The van der Waals surface area contributed by atoms with Crippen LogP contribution in [0.3, 0.4) is 0 Å². The summed E-state index contributed by atoms with van der Waals surface area (Å²) in [5.41, 5.74) is 0.641. The molecule has 2 amide bonds. The van der Waals surface area contributed by atoms with E-state index in [0.717, 1.165) is 24.9 Å². The fourth-order valence-electron chi connectivity index (χ4n) is 3.18. The summed E-state index contributed by atoms with van der Waals surface area (Å²) in [6.07, 6.45) is 3.28. The molecule has 2 fully saturated rings. The van der Waals surface area contributed by atoms with E-state index >= 15 is 0 Å². The molecule has 23 heavy (non-hydrogen) atoms. The van der Waals surface area contributed by atoms with Crippen LogP contribution in [0.2, 0.25) is 0 Å². The SMILES string of the molecule is CC(C)(C)C(=O)N1CCCC1c1ccnc(N2CCOC2=O)c1. The molecule has 3 heterocycles. The number of hydrogen-bond donors (Lipinski definition) is 0. The molecule has 1 atom stereocenters. The number of carbonyl (C=O) groups excluding carboxylic acids is 2. The number of ether oxygens (including phenoxy) is 1. The molecule has 6 heteroatoms. The van der Waals surface area contributed by atoms with Crippen molar-refractivity contribution in [2.45, 2.75) is 39.7 Å². The van der Waals surface area contributed by atoms with Crippen LogP contribution < -0.4 is 4.90 Å². The van der Waals surface area contributed by atoms with E-state index in [2.05, 4.69) is 4.98 Å². The maximum Gasteiger partial charge on any atom is 0.415 e. The van der Waals surface area contributed by atoms with Crippen molar-refractivity contribution in [1.82, 2.24) is 9.88 Å². The van der Waals surface area contributed by atoms with E-state index in [9.17, 15) is 9.59 Å². The zero-order chi connectivity index (χ0) is 16.6. The Hall–Kier alpha value is -2.11. The van der Waals surface area contributed by atoms with Gasteiger partial charge in [0.1, 0.15) is 12.4 Å². The Kier molecular flexibility index (Phi) is 4.00. The van der Waals surface area contributed by atoms with Gasteiger partial charge >= 0.3 is 6.09 Å². The van der Waals surface area contributed by atoms with Crippen LogP contribution in [0.1, 0.15) is 45.2 Å². The first-order valence-corrected chi connectivity index (χ1v) is 8.09. The summed E-state index contributed by atoms with van der Waals surface area (Å²) in [6.45, 7) is 7.53. The summed E-state index contributed by atoms with van der Waals surface area (Å²) < 4.78 is 4.97. The highest BCUT2D eigenvalue weighted by Gasteiger charge is 2.36. The van der Waals surface area contributed by atoms with Crippen LogP contribution in [-0.4, -0.2) is 41.6 Å². The van der Waals surface area contributed by atoms with Gasteiger partial charge in [-0.1, -0.05) is 20.8 Å². The number of hydrogen-bond acceptors (Lipinski definition) is 4. The first kappa shape index (κ1) is 15.8. The minimum Gasteiger partial charge on any atom is -0.447 e. The molecule has 3 rings (SSSR count). The largest absolute Gasteiger partial charge is 0.447 e. The number of aromatic nitrogens is 1. The van der Waals surface area contributed by atoms with Crippen molar-refractivity contribution in [1.29, 1.82) is 0 Å². The molecule has 0 aromatic carbocycles. The van der Waals surface area contributed by atoms with Gasteiger partial charge in [-0.25, -0.2) is 9.78 Å². The highest BCUT2D eigenvalue weighted by molar-refractivity contribution is 5.88. The number of amides is 2. The number of pyridine rings is 1. The second-order valence-electron chi connectivity index (χ2n) is 7.12. The molecule has 2 aliphatic rings. The molecule has 0 aliphatic carbocycles. The van der Waals surface area contributed by atoms with Crippen molar-refractivity contribution >= 4 is 17.8 Å². The zero-order valence-corrected chi connectivity index (χ0v) is 13.9. The van der Waals surface area contributed by atoms with Crippen LogP contribution in [0.4, 0.5) is 10.6 Å². The standard InChI is InChI=1S/C17H23N3O3/c1-17(2,3)15(21)19-8-4-5-13(19)12-6-7-18-14(11-12)20-9-10-23-16(20)22/h6-7,11,13H,4-5,8-10H2,1-3H3. The number of rotatable bonds is 2. The van der Waals surface area contributed by atoms with Crippen LogP contribution in [0.5, 0.6) is 0 Å². The third kappa shape index (κ3) is 3.02. The zero-order valence-electron chi connectivity index (χ0n) is 13.9. The lowest BCUT2D eigenvalue weighted by Gasteiger charge is -2.31. The lowest BCUT2D eigenvalue weighted by molar-refractivity contribution is -0.140. The highest BCUT2D eigenvalue weighted by atomic mass is 16.6. The fraction of sp³-hybridized carbons (Fsp3) is 0.588. The monoisotopic (exact) mass is 317 g/mol. The first-order chi connectivity index (χ1) is 10.9. The average Bonchev–Trinajstić information content (AvgIpc) is 3.14. The minimum atomic E-state index is -0.392. The molecule has 1 aromatic rings. The van der Waals surface area contributed by atoms with Gasteiger partial charge in [-0.15, -0.1) is 0 Å². The van der Waals surface area contributed by atoms with Crippen LogP contribution in [0, 0.1) is 5.41 Å². The first-order valence-electron chi connectivity index (χ1n) is 8.09. The van der Waals surface area contributed by atoms with Gasteiger partial charge < -0.3 is 9.64 Å². The maximum atomic E-state index is 12.7. The predicted octanol–water partition coefficient (Wildman–Crippen LogP) is 2.75. The normalized spacial score (nSPS) is 21.7.